The highest BCUT2D eigenvalue weighted by molar-refractivity contribution is 7.45. The molecule has 3 atom stereocenters. The van der Waals surface area contributed by atoms with Crippen molar-refractivity contribution >= 4 is 13.7 Å². The number of nitrogens with zero attached hydrogens (tertiary/aromatic N) is 1. The van der Waals surface area contributed by atoms with Crippen molar-refractivity contribution in [3.05, 3.63) is 12.2 Å². The summed E-state index contributed by atoms with van der Waals surface area (Å²) in [5.74, 6) is -0.192. The van der Waals surface area contributed by atoms with Gasteiger partial charge >= 0.3 is 0 Å². The number of hydrogen-bond acceptors (Lipinski definition) is 6. The molecular formula is C50H101N2O6P. The normalized spacial score (nSPS) is 14.2. The Morgan fingerprint density at radius 1 is 0.576 bits per heavy atom. The van der Waals surface area contributed by atoms with Crippen LogP contribution in [0.1, 0.15) is 251 Å². The average molecular weight is 857 g/mol. The fourth-order valence-electron chi connectivity index (χ4n) is 7.68. The number of amides is 1. The van der Waals surface area contributed by atoms with Crippen molar-refractivity contribution in [1.29, 1.82) is 0 Å². The van der Waals surface area contributed by atoms with E-state index in [1.165, 1.54) is 193 Å². The molecule has 0 aliphatic carbocycles. The predicted molar refractivity (Wildman–Crippen MR) is 252 cm³/mol. The number of unbranched alkanes of at least 4 members (excludes halogenated alkanes) is 34. The minimum absolute atomic E-state index is 0.00243. The standard InChI is InChI=1S/C50H101N2O6P/c1-6-8-10-12-14-16-18-20-22-24-25-26-28-30-32-34-36-38-40-42-44-50(54)51-48(47-58-59(55,56)57-46-45-52(3,4)5)49(53)43-41-39-37-35-33-31-29-27-23-21-19-17-15-13-11-9-7-2/h41,43,48-49,53H,6-40,42,44-47H2,1-5H3,(H-,51,54,55,56)/b43-41+/t48-,49+/m0/s1. The van der Waals surface area contributed by atoms with Crippen molar-refractivity contribution in [2.24, 2.45) is 0 Å². The van der Waals surface area contributed by atoms with Crippen LogP contribution in [0.3, 0.4) is 0 Å². The zero-order valence-corrected chi connectivity index (χ0v) is 40.9. The molecule has 0 aliphatic heterocycles. The largest absolute Gasteiger partial charge is 0.756 e. The van der Waals surface area contributed by atoms with Crippen molar-refractivity contribution in [1.82, 2.24) is 5.32 Å². The van der Waals surface area contributed by atoms with Gasteiger partial charge in [0.15, 0.2) is 0 Å². The molecule has 0 heterocycles. The summed E-state index contributed by atoms with van der Waals surface area (Å²) in [6.45, 7) is 4.68. The lowest BCUT2D eigenvalue weighted by molar-refractivity contribution is -0.870. The predicted octanol–water partition coefficient (Wildman–Crippen LogP) is 14.1. The lowest BCUT2D eigenvalue weighted by Gasteiger charge is -2.29. The number of quaternary nitrogens is 1. The Morgan fingerprint density at radius 3 is 1.27 bits per heavy atom. The number of rotatable bonds is 47. The molecule has 0 aromatic heterocycles. The molecule has 0 saturated heterocycles. The van der Waals surface area contributed by atoms with Crippen molar-refractivity contribution in [3.63, 3.8) is 0 Å². The molecule has 0 aliphatic rings. The van der Waals surface area contributed by atoms with Gasteiger partial charge in [-0.3, -0.25) is 9.36 Å². The molecule has 0 rings (SSSR count). The third-order valence-corrected chi connectivity index (χ3v) is 12.7. The molecule has 0 radical (unpaired) electrons. The van der Waals surface area contributed by atoms with E-state index in [0.29, 0.717) is 17.4 Å². The Kier molecular flexibility index (Phi) is 42.0. The van der Waals surface area contributed by atoms with Crippen molar-refractivity contribution in [3.8, 4) is 0 Å². The molecule has 2 N–H and O–H groups in total. The third-order valence-electron chi connectivity index (χ3n) is 11.7. The Morgan fingerprint density at radius 2 is 0.915 bits per heavy atom. The van der Waals surface area contributed by atoms with Crippen molar-refractivity contribution in [2.75, 3.05) is 40.9 Å². The summed E-state index contributed by atoms with van der Waals surface area (Å²) in [7, 11) is 1.27. The second kappa shape index (κ2) is 42.5. The van der Waals surface area contributed by atoms with Crippen LogP contribution in [0.2, 0.25) is 0 Å². The monoisotopic (exact) mass is 857 g/mol. The van der Waals surface area contributed by atoms with Gasteiger partial charge in [-0.1, -0.05) is 238 Å². The molecule has 9 heteroatoms. The van der Waals surface area contributed by atoms with Crippen LogP contribution < -0.4 is 10.2 Å². The first-order valence-electron chi connectivity index (χ1n) is 25.6. The van der Waals surface area contributed by atoms with E-state index >= 15 is 0 Å². The number of hydrogen-bond donors (Lipinski definition) is 2. The topological polar surface area (TPSA) is 108 Å². The second-order valence-electron chi connectivity index (χ2n) is 18.9. The van der Waals surface area contributed by atoms with E-state index in [0.717, 1.165) is 38.5 Å². The van der Waals surface area contributed by atoms with E-state index < -0.39 is 20.0 Å². The van der Waals surface area contributed by atoms with Crippen LogP contribution in [0.25, 0.3) is 0 Å². The third kappa shape index (κ3) is 45.1. The highest BCUT2D eigenvalue weighted by atomic mass is 31.2. The van der Waals surface area contributed by atoms with Gasteiger partial charge in [-0.25, -0.2) is 0 Å². The van der Waals surface area contributed by atoms with Gasteiger partial charge in [0.2, 0.25) is 5.91 Å². The van der Waals surface area contributed by atoms with Gasteiger partial charge in [0, 0.05) is 6.42 Å². The minimum Gasteiger partial charge on any atom is -0.756 e. The van der Waals surface area contributed by atoms with Gasteiger partial charge in [0.05, 0.1) is 39.9 Å². The Hall–Kier alpha value is -0.760. The fraction of sp³-hybridized carbons (Fsp3) is 0.940. The first kappa shape index (κ1) is 58.2. The lowest BCUT2D eigenvalue weighted by Crippen LogP contribution is -2.45. The first-order valence-corrected chi connectivity index (χ1v) is 27.0. The number of phosphoric acid groups is 1. The fourth-order valence-corrected chi connectivity index (χ4v) is 8.41. The summed E-state index contributed by atoms with van der Waals surface area (Å²) in [5.41, 5.74) is 0. The molecule has 0 aromatic carbocycles. The maximum Gasteiger partial charge on any atom is 0.268 e. The maximum atomic E-state index is 12.9. The molecule has 1 unspecified atom stereocenters. The van der Waals surface area contributed by atoms with Crippen LogP contribution in [0.4, 0.5) is 0 Å². The quantitative estimate of drug-likeness (QED) is 0.0273. The molecule has 1 amide bonds. The van der Waals surface area contributed by atoms with E-state index in [2.05, 4.69) is 19.2 Å². The summed E-state index contributed by atoms with van der Waals surface area (Å²) < 4.78 is 23.3. The van der Waals surface area contributed by atoms with Crippen LogP contribution in [0.15, 0.2) is 12.2 Å². The summed E-state index contributed by atoms with van der Waals surface area (Å²) in [5, 5.41) is 13.8. The van der Waals surface area contributed by atoms with Gasteiger partial charge in [-0.05, 0) is 19.3 Å². The molecular weight excluding hydrogens is 756 g/mol. The zero-order chi connectivity index (χ0) is 43.6. The second-order valence-corrected chi connectivity index (χ2v) is 20.3. The van der Waals surface area contributed by atoms with Crippen LogP contribution in [0.5, 0.6) is 0 Å². The van der Waals surface area contributed by atoms with Crippen LogP contribution in [-0.4, -0.2) is 68.5 Å². The Balaban J connectivity index is 4.28. The van der Waals surface area contributed by atoms with Crippen LogP contribution in [-0.2, 0) is 18.4 Å². The van der Waals surface area contributed by atoms with Crippen molar-refractivity contribution in [2.45, 2.75) is 264 Å². The van der Waals surface area contributed by atoms with E-state index in [1.807, 2.05) is 27.2 Å². The first-order chi connectivity index (χ1) is 28.5. The van der Waals surface area contributed by atoms with Crippen LogP contribution >= 0.6 is 7.82 Å². The number of carbonyl (C=O) groups excluding carboxylic acids is 1. The minimum atomic E-state index is -4.59. The van der Waals surface area contributed by atoms with Gasteiger partial charge in [0.25, 0.3) is 7.82 Å². The summed E-state index contributed by atoms with van der Waals surface area (Å²) in [6, 6.07) is -0.880. The molecule has 0 saturated carbocycles. The summed E-state index contributed by atoms with van der Waals surface area (Å²) in [4.78, 5) is 25.4. The molecule has 0 aromatic rings. The van der Waals surface area contributed by atoms with E-state index in [4.69, 9.17) is 9.05 Å². The van der Waals surface area contributed by atoms with Crippen LogP contribution in [0, 0.1) is 0 Å². The lowest BCUT2D eigenvalue weighted by atomic mass is 10.0. The van der Waals surface area contributed by atoms with Crippen molar-refractivity contribution < 1.29 is 32.9 Å². The summed E-state index contributed by atoms with van der Waals surface area (Å²) >= 11 is 0. The number of nitrogens with one attached hydrogen (secondary N) is 1. The smallest absolute Gasteiger partial charge is 0.268 e. The van der Waals surface area contributed by atoms with E-state index in [-0.39, 0.29) is 19.1 Å². The van der Waals surface area contributed by atoms with E-state index in [1.54, 1.807) is 6.08 Å². The zero-order valence-electron chi connectivity index (χ0n) is 40.0. The number of carbonyl (C=O) groups is 1. The SMILES string of the molecule is CCCCCCCCCCCCCCCCC/C=C/[C@@H](O)[C@H](COP(=O)([O-])OCC[N+](C)(C)C)NC(=O)CCCCCCCCCCCCCCCCCCCCCC. The summed E-state index contributed by atoms with van der Waals surface area (Å²) in [6.07, 6.45) is 49.7. The van der Waals surface area contributed by atoms with Gasteiger partial charge in [-0.2, -0.15) is 0 Å². The van der Waals surface area contributed by atoms with Gasteiger partial charge in [0.1, 0.15) is 13.2 Å². The highest BCUT2D eigenvalue weighted by Gasteiger charge is 2.23. The number of aliphatic hydroxyl groups excluding tert-OH is 1. The van der Waals surface area contributed by atoms with Gasteiger partial charge in [-0.15, -0.1) is 0 Å². The molecule has 0 fully saturated rings. The molecule has 0 bridgehead atoms. The number of aliphatic hydroxyl groups is 1. The highest BCUT2D eigenvalue weighted by Crippen LogP contribution is 2.38. The van der Waals surface area contributed by atoms with Gasteiger partial charge < -0.3 is 28.8 Å². The molecule has 59 heavy (non-hydrogen) atoms. The molecule has 8 nitrogen and oxygen atoms in total. The number of likely N-dealkylation sites (N-methyl/N-ethyl adjacent to an activating group) is 1. The maximum absolute atomic E-state index is 12.9. The Bertz CT molecular complexity index is 974. The molecule has 0 spiro atoms. The average Bonchev–Trinajstić information content (AvgIpc) is 3.19. The Labute approximate surface area is 367 Å². The molecule has 352 valence electrons. The number of phosphoric ester groups is 1. The number of allylic oxidation sites excluding steroid dienone is 1. The van der Waals surface area contributed by atoms with E-state index in [9.17, 15) is 19.4 Å².